The Morgan fingerprint density at radius 3 is 2.45 bits per heavy atom. The Kier molecular flexibility index (Phi) is 8.54. The molecule has 0 amide bonds. The Bertz CT molecular complexity index is 76.0. The van der Waals surface area contributed by atoms with Gasteiger partial charge in [-0.15, -0.1) is 11.6 Å². The number of hydrogen-bond donors (Lipinski definition) is 1. The maximum Gasteiger partial charge on any atom is 0.0225 e. The highest BCUT2D eigenvalue weighted by Crippen LogP contribution is 2.12. The van der Waals surface area contributed by atoms with E-state index in [1.807, 2.05) is 0 Å². The highest BCUT2D eigenvalue weighted by molar-refractivity contribution is 6.17. The second-order valence-electron chi connectivity index (χ2n) is 3.22. The topological polar surface area (TPSA) is 26.0 Å². The molecule has 0 bridgehead atoms. The Labute approximate surface area is 75.3 Å². The second kappa shape index (κ2) is 8.35. The van der Waals surface area contributed by atoms with Gasteiger partial charge in [0, 0.05) is 5.88 Å². The monoisotopic (exact) mass is 177 g/mol. The Balaban J connectivity index is 2.97. The van der Waals surface area contributed by atoms with Crippen molar-refractivity contribution in [1.82, 2.24) is 0 Å². The minimum atomic E-state index is 0.797. The maximum absolute atomic E-state index is 5.62. The van der Waals surface area contributed by atoms with Crippen LogP contribution >= 0.6 is 11.6 Å². The molecule has 0 aromatic rings. The predicted octanol–water partition coefficient (Wildman–Crippen LogP) is 2.77. The fourth-order valence-corrected chi connectivity index (χ4v) is 1.52. The maximum atomic E-state index is 5.62. The molecular weight excluding hydrogens is 158 g/mol. The third kappa shape index (κ3) is 8.15. The molecule has 1 nitrogen and oxygen atoms in total. The normalized spacial score (nSPS) is 13.4. The summed E-state index contributed by atoms with van der Waals surface area (Å²) >= 11 is 5.62. The van der Waals surface area contributed by atoms with Crippen molar-refractivity contribution in [3.05, 3.63) is 0 Å². The van der Waals surface area contributed by atoms with E-state index >= 15 is 0 Å². The SMILES string of the molecule is CC(CCCl)CCCCCN. The summed E-state index contributed by atoms with van der Waals surface area (Å²) in [6.07, 6.45) is 6.24. The third-order valence-corrected chi connectivity index (χ3v) is 2.22. The van der Waals surface area contributed by atoms with E-state index in [-0.39, 0.29) is 0 Å². The zero-order valence-electron chi connectivity index (χ0n) is 7.48. The second-order valence-corrected chi connectivity index (χ2v) is 3.60. The summed E-state index contributed by atoms with van der Waals surface area (Å²) in [5, 5.41) is 0. The fourth-order valence-electron chi connectivity index (χ4n) is 1.14. The minimum Gasteiger partial charge on any atom is -0.330 e. The number of nitrogens with two attached hydrogens (primary N) is 1. The first-order chi connectivity index (χ1) is 5.31. The van der Waals surface area contributed by atoms with Gasteiger partial charge in [-0.3, -0.25) is 0 Å². The van der Waals surface area contributed by atoms with E-state index in [0.29, 0.717) is 0 Å². The molecule has 11 heavy (non-hydrogen) atoms. The van der Waals surface area contributed by atoms with Gasteiger partial charge >= 0.3 is 0 Å². The quantitative estimate of drug-likeness (QED) is 0.470. The molecule has 0 aromatic heterocycles. The first-order valence-corrected chi connectivity index (χ1v) is 5.10. The molecular formula is C9H20ClN. The Morgan fingerprint density at radius 1 is 1.18 bits per heavy atom. The Morgan fingerprint density at radius 2 is 1.91 bits per heavy atom. The largest absolute Gasteiger partial charge is 0.330 e. The van der Waals surface area contributed by atoms with Crippen LogP contribution in [0.5, 0.6) is 0 Å². The standard InChI is InChI=1S/C9H20ClN/c1-9(6-7-10)5-3-2-4-8-11/h9H,2-8,11H2,1H3. The van der Waals surface area contributed by atoms with Crippen LogP contribution in [0.3, 0.4) is 0 Å². The summed E-state index contributed by atoms with van der Waals surface area (Å²) in [6.45, 7) is 3.11. The summed E-state index contributed by atoms with van der Waals surface area (Å²) < 4.78 is 0. The smallest absolute Gasteiger partial charge is 0.0225 e. The molecule has 2 heteroatoms. The molecule has 0 aliphatic carbocycles. The van der Waals surface area contributed by atoms with E-state index in [2.05, 4.69) is 6.92 Å². The summed E-state index contributed by atoms with van der Waals surface area (Å²) in [5.41, 5.74) is 5.38. The summed E-state index contributed by atoms with van der Waals surface area (Å²) in [6, 6.07) is 0. The lowest BCUT2D eigenvalue weighted by Crippen LogP contribution is -1.99. The minimum absolute atomic E-state index is 0.797. The van der Waals surface area contributed by atoms with Crippen molar-refractivity contribution in [2.24, 2.45) is 11.7 Å². The van der Waals surface area contributed by atoms with Crippen LogP contribution in [0.25, 0.3) is 0 Å². The van der Waals surface area contributed by atoms with E-state index in [1.165, 1.54) is 25.7 Å². The van der Waals surface area contributed by atoms with Gasteiger partial charge in [0.25, 0.3) is 0 Å². The molecule has 0 aliphatic heterocycles. The van der Waals surface area contributed by atoms with Gasteiger partial charge in [-0.2, -0.15) is 0 Å². The van der Waals surface area contributed by atoms with Gasteiger partial charge in [-0.25, -0.2) is 0 Å². The number of hydrogen-bond acceptors (Lipinski definition) is 1. The molecule has 0 spiro atoms. The van der Waals surface area contributed by atoms with Crippen LogP contribution in [0.4, 0.5) is 0 Å². The number of halogens is 1. The van der Waals surface area contributed by atoms with Crippen molar-refractivity contribution in [3.8, 4) is 0 Å². The van der Waals surface area contributed by atoms with Gasteiger partial charge in [-0.1, -0.05) is 26.2 Å². The molecule has 0 saturated carbocycles. The van der Waals surface area contributed by atoms with Crippen LogP contribution in [-0.4, -0.2) is 12.4 Å². The highest BCUT2D eigenvalue weighted by atomic mass is 35.5. The lowest BCUT2D eigenvalue weighted by molar-refractivity contribution is 0.482. The number of rotatable bonds is 7. The van der Waals surface area contributed by atoms with E-state index in [1.54, 1.807) is 0 Å². The molecule has 2 N–H and O–H groups in total. The van der Waals surface area contributed by atoms with E-state index < -0.39 is 0 Å². The van der Waals surface area contributed by atoms with Crippen molar-refractivity contribution < 1.29 is 0 Å². The number of alkyl halides is 1. The van der Waals surface area contributed by atoms with Crippen molar-refractivity contribution >= 4 is 11.6 Å². The van der Waals surface area contributed by atoms with E-state index in [9.17, 15) is 0 Å². The van der Waals surface area contributed by atoms with E-state index in [4.69, 9.17) is 17.3 Å². The van der Waals surface area contributed by atoms with Crippen LogP contribution in [0.15, 0.2) is 0 Å². The van der Waals surface area contributed by atoms with Crippen molar-refractivity contribution in [1.29, 1.82) is 0 Å². The summed E-state index contributed by atoms with van der Waals surface area (Å²) in [4.78, 5) is 0. The third-order valence-electron chi connectivity index (χ3n) is 2.00. The molecule has 68 valence electrons. The van der Waals surface area contributed by atoms with Crippen molar-refractivity contribution in [2.45, 2.75) is 39.0 Å². The van der Waals surface area contributed by atoms with E-state index in [0.717, 1.165) is 24.8 Å². The molecule has 0 rings (SSSR count). The predicted molar refractivity (Wildman–Crippen MR) is 52.0 cm³/mol. The molecule has 0 aromatic carbocycles. The van der Waals surface area contributed by atoms with Gasteiger partial charge in [0.15, 0.2) is 0 Å². The van der Waals surface area contributed by atoms with Crippen molar-refractivity contribution in [3.63, 3.8) is 0 Å². The van der Waals surface area contributed by atoms with Crippen LogP contribution in [0, 0.1) is 5.92 Å². The molecule has 0 heterocycles. The van der Waals surface area contributed by atoms with Gasteiger partial charge in [0.2, 0.25) is 0 Å². The average molecular weight is 178 g/mol. The number of unbranched alkanes of at least 4 members (excludes halogenated alkanes) is 2. The lowest BCUT2D eigenvalue weighted by atomic mass is 10.0. The van der Waals surface area contributed by atoms with Gasteiger partial charge < -0.3 is 5.73 Å². The molecule has 0 fully saturated rings. The van der Waals surface area contributed by atoms with Crippen LogP contribution in [0.2, 0.25) is 0 Å². The van der Waals surface area contributed by atoms with Crippen LogP contribution in [-0.2, 0) is 0 Å². The molecule has 0 radical (unpaired) electrons. The van der Waals surface area contributed by atoms with Crippen molar-refractivity contribution in [2.75, 3.05) is 12.4 Å². The van der Waals surface area contributed by atoms with Gasteiger partial charge in [-0.05, 0) is 25.3 Å². The Hall–Kier alpha value is 0.250. The fraction of sp³-hybridized carbons (Fsp3) is 1.00. The zero-order chi connectivity index (χ0) is 8.53. The molecule has 1 atom stereocenters. The van der Waals surface area contributed by atoms with Gasteiger partial charge in [0.05, 0.1) is 0 Å². The molecule has 0 saturated heterocycles. The highest BCUT2D eigenvalue weighted by Gasteiger charge is 1.99. The first kappa shape index (κ1) is 11.2. The molecule has 1 unspecified atom stereocenters. The summed E-state index contributed by atoms with van der Waals surface area (Å²) in [5.74, 6) is 1.60. The van der Waals surface area contributed by atoms with Crippen LogP contribution < -0.4 is 5.73 Å². The lowest BCUT2D eigenvalue weighted by Gasteiger charge is -2.07. The van der Waals surface area contributed by atoms with Crippen LogP contribution in [0.1, 0.15) is 39.0 Å². The zero-order valence-corrected chi connectivity index (χ0v) is 8.24. The first-order valence-electron chi connectivity index (χ1n) is 4.57. The average Bonchev–Trinajstić information content (AvgIpc) is 1.99. The summed E-state index contributed by atoms with van der Waals surface area (Å²) in [7, 11) is 0. The molecule has 0 aliphatic rings. The van der Waals surface area contributed by atoms with Gasteiger partial charge in [0.1, 0.15) is 0 Å².